The van der Waals surface area contributed by atoms with Crippen LogP contribution in [0, 0.1) is 16.7 Å². The van der Waals surface area contributed by atoms with E-state index in [9.17, 15) is 10.8 Å². The molecule has 3 atom stereocenters. The second kappa shape index (κ2) is 26.3. The Kier molecular flexibility index (Phi) is 20.7. The Morgan fingerprint density at radius 1 is 0.656 bits per heavy atom. The molecule has 19 nitrogen and oxygen atoms in total. The van der Waals surface area contributed by atoms with Crippen molar-refractivity contribution in [1.29, 1.82) is 10.8 Å². The number of nitrogens with two attached hydrogens (primary N) is 7. The molecule has 1 aromatic rings. The third-order valence-electron chi connectivity index (χ3n) is 13.4. The van der Waals surface area contributed by atoms with Gasteiger partial charge in [0.2, 0.25) is 0 Å². The maximum atomic E-state index is 9.46. The fraction of sp³-hybridized carbons (Fsp3) is 0.727. The lowest BCUT2D eigenvalue weighted by Gasteiger charge is -2.32. The van der Waals surface area contributed by atoms with Gasteiger partial charge < -0.3 is 64.6 Å². The van der Waals surface area contributed by atoms with Crippen LogP contribution in [0.3, 0.4) is 0 Å². The Morgan fingerprint density at radius 3 is 1.73 bits per heavy atom. The van der Waals surface area contributed by atoms with Crippen LogP contribution in [0.2, 0.25) is 0 Å². The number of hydrogen-bond acceptors (Lipinski definition) is 9. The molecule has 358 valence electrons. The summed E-state index contributed by atoms with van der Waals surface area (Å²) in [6.07, 6.45) is 15.2. The fourth-order valence-corrected chi connectivity index (χ4v) is 10.3. The summed E-state index contributed by atoms with van der Waals surface area (Å²) in [6.45, 7) is 10.1. The standard InChI is InChI=1S/C44H80BrN19/c45-35-13-4-11-34(29-35)17-22-64-38(16-7-20-57-41(50)51)32-61(44(64)54)27-24-59(25-28-62-36(30-58-42(62)52)14-5-18-55-39(46)47)23-26-60-31-37(15-6-19-56-40(48)49)63(43(60)53)21-8-12-33-9-2-1-3-10-33/h4,11,13,29,33,36-38,53-54H,1-3,5-10,12,14-28,30-32H2,(H2,52,58)(H4,46,47,55)(H4,48,49,56)(H4,50,51,57)/t36-,37-,38-/m0/s1. The van der Waals surface area contributed by atoms with Gasteiger partial charge in [0, 0.05) is 102 Å². The molecular weight excluding hydrogens is 875 g/mol. The summed E-state index contributed by atoms with van der Waals surface area (Å²) in [7, 11) is 0. The third-order valence-corrected chi connectivity index (χ3v) is 13.8. The van der Waals surface area contributed by atoms with Gasteiger partial charge >= 0.3 is 0 Å². The van der Waals surface area contributed by atoms with Crippen LogP contribution in [0.4, 0.5) is 0 Å². The molecule has 0 aromatic heterocycles. The first-order valence-corrected chi connectivity index (χ1v) is 24.6. The van der Waals surface area contributed by atoms with Crippen LogP contribution in [0.1, 0.15) is 89.0 Å². The van der Waals surface area contributed by atoms with Crippen molar-refractivity contribution in [3.8, 4) is 0 Å². The number of guanidine groups is 6. The summed E-state index contributed by atoms with van der Waals surface area (Å²) in [4.78, 5) is 31.1. The molecule has 1 aliphatic carbocycles. The highest BCUT2D eigenvalue weighted by Gasteiger charge is 2.36. The number of aliphatic imine (C=N–C) groups is 4. The van der Waals surface area contributed by atoms with Crippen molar-refractivity contribution in [2.75, 3.05) is 91.6 Å². The van der Waals surface area contributed by atoms with Gasteiger partial charge in [-0.1, -0.05) is 60.2 Å². The summed E-state index contributed by atoms with van der Waals surface area (Å²) < 4.78 is 1.06. The van der Waals surface area contributed by atoms with Crippen molar-refractivity contribution in [2.24, 2.45) is 66.0 Å². The Morgan fingerprint density at radius 2 is 1.19 bits per heavy atom. The summed E-state index contributed by atoms with van der Waals surface area (Å²) in [5.41, 5.74) is 41.5. The summed E-state index contributed by atoms with van der Waals surface area (Å²) in [6, 6.07) is 9.02. The Balaban J connectivity index is 1.26. The number of benzene rings is 1. The second-order valence-electron chi connectivity index (χ2n) is 18.0. The van der Waals surface area contributed by atoms with Crippen molar-refractivity contribution in [3.05, 3.63) is 34.3 Å². The fourth-order valence-electron chi connectivity index (χ4n) is 9.86. The average molecular weight is 955 g/mol. The highest BCUT2D eigenvalue weighted by Crippen LogP contribution is 2.29. The van der Waals surface area contributed by atoms with E-state index < -0.39 is 0 Å². The van der Waals surface area contributed by atoms with Gasteiger partial charge in [-0.3, -0.25) is 35.7 Å². The van der Waals surface area contributed by atoms with Crippen molar-refractivity contribution in [2.45, 2.75) is 108 Å². The minimum atomic E-state index is 0.108. The van der Waals surface area contributed by atoms with Gasteiger partial charge in [-0.25, -0.2) is 0 Å². The average Bonchev–Trinajstić information content (AvgIpc) is 3.88. The molecule has 16 N–H and O–H groups in total. The third kappa shape index (κ3) is 16.4. The quantitative estimate of drug-likeness (QED) is 0.0329. The lowest BCUT2D eigenvalue weighted by atomic mass is 9.86. The minimum Gasteiger partial charge on any atom is -0.370 e. The van der Waals surface area contributed by atoms with Gasteiger partial charge in [-0.2, -0.15) is 0 Å². The highest BCUT2D eigenvalue weighted by atomic mass is 79.9. The SMILES string of the molecule is N=C1N(CCN(CCN2C[C@H](CCCN=C(N)N)N(CCc3cccc(Br)c3)C2=N)CCN2C(N)=NC[C@@H]2CCCN=C(N)N)C[C@H](CCCN=C(N)N)N1CCCC1CCCCC1. The van der Waals surface area contributed by atoms with Gasteiger partial charge in [0.25, 0.3) is 0 Å². The molecule has 5 rings (SSSR count). The largest absolute Gasteiger partial charge is 0.370 e. The number of hydrogen-bond donors (Lipinski definition) is 9. The van der Waals surface area contributed by atoms with Crippen LogP contribution in [-0.4, -0.2) is 175 Å². The number of rotatable bonds is 28. The number of nitrogens with zero attached hydrogens (tertiary/aromatic N) is 10. The Bertz CT molecular complexity index is 1720. The normalized spacial score (nSPS) is 20.4. The maximum absolute atomic E-state index is 9.46. The van der Waals surface area contributed by atoms with E-state index in [1.165, 1.54) is 44.1 Å². The maximum Gasteiger partial charge on any atom is 0.194 e. The molecule has 0 radical (unpaired) electrons. The molecule has 3 fully saturated rings. The smallest absolute Gasteiger partial charge is 0.194 e. The van der Waals surface area contributed by atoms with Crippen LogP contribution in [0.15, 0.2) is 48.7 Å². The van der Waals surface area contributed by atoms with Crippen LogP contribution in [0.25, 0.3) is 0 Å². The predicted octanol–water partition coefficient (Wildman–Crippen LogP) is 1.66. The monoisotopic (exact) mass is 954 g/mol. The first-order valence-electron chi connectivity index (χ1n) is 23.8. The number of halogens is 1. The molecule has 3 heterocycles. The van der Waals surface area contributed by atoms with E-state index in [0.717, 1.165) is 121 Å². The lowest BCUT2D eigenvalue weighted by Crippen LogP contribution is -2.48. The van der Waals surface area contributed by atoms with Crippen molar-refractivity contribution < 1.29 is 0 Å². The van der Waals surface area contributed by atoms with Gasteiger partial charge in [-0.05, 0) is 81.4 Å². The first-order chi connectivity index (χ1) is 30.9. The summed E-state index contributed by atoms with van der Waals surface area (Å²) in [5, 5.41) is 18.9. The molecule has 64 heavy (non-hydrogen) atoms. The molecule has 20 heteroatoms. The van der Waals surface area contributed by atoms with Gasteiger partial charge in [0.05, 0.1) is 12.6 Å². The van der Waals surface area contributed by atoms with E-state index in [1.54, 1.807) is 0 Å². The Hall–Kier alpha value is -4.72. The molecule has 4 aliphatic rings. The lowest BCUT2D eigenvalue weighted by molar-refractivity contribution is 0.201. The van der Waals surface area contributed by atoms with Gasteiger partial charge in [0.15, 0.2) is 35.8 Å². The van der Waals surface area contributed by atoms with Gasteiger partial charge in [-0.15, -0.1) is 0 Å². The van der Waals surface area contributed by atoms with Crippen LogP contribution < -0.4 is 40.1 Å². The molecule has 2 saturated heterocycles. The zero-order chi connectivity index (χ0) is 45.8. The van der Waals surface area contributed by atoms with E-state index in [0.29, 0.717) is 50.6 Å². The van der Waals surface area contributed by atoms with E-state index in [2.05, 4.69) is 83.5 Å². The molecule has 0 amide bonds. The van der Waals surface area contributed by atoms with E-state index in [1.807, 2.05) is 6.07 Å². The van der Waals surface area contributed by atoms with Crippen LogP contribution in [0.5, 0.6) is 0 Å². The topological polar surface area (TPSA) is 299 Å². The van der Waals surface area contributed by atoms with Gasteiger partial charge in [0.1, 0.15) is 0 Å². The highest BCUT2D eigenvalue weighted by molar-refractivity contribution is 9.10. The Labute approximate surface area is 390 Å². The van der Waals surface area contributed by atoms with E-state index in [4.69, 9.17) is 40.1 Å². The van der Waals surface area contributed by atoms with Crippen LogP contribution >= 0.6 is 15.9 Å². The van der Waals surface area contributed by atoms with Crippen molar-refractivity contribution in [1.82, 2.24) is 29.4 Å². The predicted molar refractivity (Wildman–Crippen MR) is 266 cm³/mol. The van der Waals surface area contributed by atoms with Crippen molar-refractivity contribution in [3.63, 3.8) is 0 Å². The van der Waals surface area contributed by atoms with E-state index >= 15 is 0 Å². The van der Waals surface area contributed by atoms with E-state index in [-0.39, 0.29) is 36.0 Å². The summed E-state index contributed by atoms with van der Waals surface area (Å²) in [5.74, 6) is 2.92. The molecule has 1 aromatic carbocycles. The summed E-state index contributed by atoms with van der Waals surface area (Å²) >= 11 is 3.62. The van der Waals surface area contributed by atoms with Crippen LogP contribution in [-0.2, 0) is 6.42 Å². The zero-order valence-corrected chi connectivity index (χ0v) is 39.9. The molecular formula is C44H80BrN19. The molecule has 0 bridgehead atoms. The second-order valence-corrected chi connectivity index (χ2v) is 18.9. The molecule has 3 aliphatic heterocycles. The molecule has 0 unspecified atom stereocenters. The zero-order valence-electron chi connectivity index (χ0n) is 38.3. The first kappa shape index (κ1) is 50.3. The number of nitrogens with one attached hydrogen (secondary N) is 2. The van der Waals surface area contributed by atoms with Crippen molar-refractivity contribution >= 4 is 51.7 Å². The molecule has 0 spiro atoms. The molecule has 1 saturated carbocycles. The minimum absolute atomic E-state index is 0.108.